The van der Waals surface area contributed by atoms with Gasteiger partial charge in [-0.1, -0.05) is 36.7 Å². The number of aromatic nitrogens is 1. The second-order valence-electron chi connectivity index (χ2n) is 7.78. The number of carbonyl (C=O) groups is 2. The molecule has 6 nitrogen and oxygen atoms in total. The van der Waals surface area contributed by atoms with Gasteiger partial charge in [0.05, 0.1) is 0 Å². The molecule has 0 bridgehead atoms. The maximum Gasteiger partial charge on any atom is 0.274 e. The maximum absolute atomic E-state index is 12.6. The zero-order valence-electron chi connectivity index (χ0n) is 16.3. The van der Waals surface area contributed by atoms with Gasteiger partial charge in [0, 0.05) is 18.2 Å². The van der Waals surface area contributed by atoms with Crippen LogP contribution in [0.25, 0.3) is 11.3 Å². The number of hydrogen-bond acceptors (Lipinski definition) is 4. The summed E-state index contributed by atoms with van der Waals surface area (Å²) >= 11 is 0. The lowest BCUT2D eigenvalue weighted by molar-refractivity contribution is -0.124. The molecule has 2 amide bonds. The van der Waals surface area contributed by atoms with Crippen molar-refractivity contribution in [3.63, 3.8) is 0 Å². The predicted octanol–water partition coefficient (Wildman–Crippen LogP) is 3.24. The number of hydrogen-bond donors (Lipinski definition) is 2. The average molecular weight is 369 g/mol. The first-order valence-electron chi connectivity index (χ1n) is 9.48. The van der Waals surface area contributed by atoms with E-state index in [1.807, 2.05) is 45.9 Å². The van der Waals surface area contributed by atoms with Crippen molar-refractivity contribution in [1.82, 2.24) is 15.8 Å². The van der Waals surface area contributed by atoms with Crippen molar-refractivity contribution in [2.75, 3.05) is 6.54 Å². The molecule has 2 aromatic rings. The standard InChI is InChI=1S/C21H27N3O3/c1-12(2)19(21(26)22-11-15-7-8-15)23-20(25)17-10-18(27-24-17)16-9-13(3)5-6-14(16)4/h5-6,9-10,12,15,19H,7-8,11H2,1-4H3,(H,22,26)(H,23,25). The monoisotopic (exact) mass is 369 g/mol. The lowest BCUT2D eigenvalue weighted by Crippen LogP contribution is -2.50. The van der Waals surface area contributed by atoms with Crippen molar-refractivity contribution >= 4 is 11.8 Å². The minimum absolute atomic E-state index is 0.0291. The Bertz CT molecular complexity index is 837. The van der Waals surface area contributed by atoms with E-state index in [0.717, 1.165) is 16.7 Å². The van der Waals surface area contributed by atoms with E-state index in [4.69, 9.17) is 4.52 Å². The molecule has 0 radical (unpaired) electrons. The van der Waals surface area contributed by atoms with E-state index in [9.17, 15) is 9.59 Å². The largest absolute Gasteiger partial charge is 0.355 e. The summed E-state index contributed by atoms with van der Waals surface area (Å²) in [6.45, 7) is 8.48. The van der Waals surface area contributed by atoms with Crippen LogP contribution in [0.15, 0.2) is 28.8 Å². The second-order valence-corrected chi connectivity index (χ2v) is 7.78. The van der Waals surface area contributed by atoms with Crippen molar-refractivity contribution < 1.29 is 14.1 Å². The van der Waals surface area contributed by atoms with Crippen LogP contribution in [-0.4, -0.2) is 29.6 Å². The Labute approximate surface area is 159 Å². The quantitative estimate of drug-likeness (QED) is 0.785. The molecule has 0 spiro atoms. The van der Waals surface area contributed by atoms with Crippen molar-refractivity contribution in [3.05, 3.63) is 41.1 Å². The molecule has 0 aliphatic heterocycles. The van der Waals surface area contributed by atoms with Crippen LogP contribution in [0.1, 0.15) is 48.3 Å². The van der Waals surface area contributed by atoms with Gasteiger partial charge in [-0.3, -0.25) is 9.59 Å². The van der Waals surface area contributed by atoms with Crippen molar-refractivity contribution in [2.24, 2.45) is 11.8 Å². The fraction of sp³-hybridized carbons (Fsp3) is 0.476. The fourth-order valence-corrected chi connectivity index (χ4v) is 2.94. The van der Waals surface area contributed by atoms with Gasteiger partial charge in [0.2, 0.25) is 5.91 Å². The van der Waals surface area contributed by atoms with Crippen molar-refractivity contribution in [1.29, 1.82) is 0 Å². The average Bonchev–Trinajstić information content (AvgIpc) is 3.33. The highest BCUT2D eigenvalue weighted by atomic mass is 16.5. The molecule has 144 valence electrons. The number of carbonyl (C=O) groups excluding carboxylic acids is 2. The highest BCUT2D eigenvalue weighted by Gasteiger charge is 2.28. The number of nitrogens with one attached hydrogen (secondary N) is 2. The summed E-state index contributed by atoms with van der Waals surface area (Å²) in [6.07, 6.45) is 2.33. The summed E-state index contributed by atoms with van der Waals surface area (Å²) in [5, 5.41) is 9.62. The zero-order valence-corrected chi connectivity index (χ0v) is 16.3. The van der Waals surface area contributed by atoms with Crippen LogP contribution in [0.3, 0.4) is 0 Å². The van der Waals surface area contributed by atoms with E-state index >= 15 is 0 Å². The Hall–Kier alpha value is -2.63. The molecule has 27 heavy (non-hydrogen) atoms. The van der Waals surface area contributed by atoms with Gasteiger partial charge < -0.3 is 15.2 Å². The number of rotatable bonds is 7. The molecule has 1 aliphatic rings. The van der Waals surface area contributed by atoms with Crippen LogP contribution in [0, 0.1) is 25.7 Å². The van der Waals surface area contributed by atoms with Gasteiger partial charge in [-0.05, 0) is 50.2 Å². The minimum Gasteiger partial charge on any atom is -0.355 e. The molecule has 1 unspecified atom stereocenters. The Kier molecular flexibility index (Phi) is 5.63. The number of amides is 2. The Morgan fingerprint density at radius 2 is 1.96 bits per heavy atom. The molecular weight excluding hydrogens is 342 g/mol. The van der Waals surface area contributed by atoms with E-state index in [1.165, 1.54) is 12.8 Å². The second kappa shape index (κ2) is 7.94. The molecule has 1 aliphatic carbocycles. The number of benzene rings is 1. The third-order valence-electron chi connectivity index (χ3n) is 4.90. The van der Waals surface area contributed by atoms with E-state index in [2.05, 4.69) is 15.8 Å². The van der Waals surface area contributed by atoms with E-state index in [-0.39, 0.29) is 17.5 Å². The molecule has 1 atom stereocenters. The van der Waals surface area contributed by atoms with Crippen LogP contribution < -0.4 is 10.6 Å². The van der Waals surface area contributed by atoms with Gasteiger partial charge in [-0.25, -0.2) is 0 Å². The minimum atomic E-state index is -0.600. The van der Waals surface area contributed by atoms with Gasteiger partial charge >= 0.3 is 0 Å². The molecule has 2 N–H and O–H groups in total. The number of aryl methyl sites for hydroxylation is 2. The normalized spacial score (nSPS) is 14.9. The van der Waals surface area contributed by atoms with E-state index < -0.39 is 11.9 Å². The molecule has 1 aromatic carbocycles. The topological polar surface area (TPSA) is 84.2 Å². The summed E-state index contributed by atoms with van der Waals surface area (Å²) in [4.78, 5) is 25.0. The summed E-state index contributed by atoms with van der Waals surface area (Å²) in [5.74, 6) is 0.548. The number of nitrogens with zero attached hydrogens (tertiary/aromatic N) is 1. The van der Waals surface area contributed by atoms with Crippen molar-refractivity contribution in [3.8, 4) is 11.3 Å². The first kappa shape index (κ1) is 19.1. The highest BCUT2D eigenvalue weighted by molar-refractivity contribution is 5.96. The molecule has 0 saturated heterocycles. The molecule has 1 saturated carbocycles. The Morgan fingerprint density at radius 3 is 2.63 bits per heavy atom. The predicted molar refractivity (Wildman–Crippen MR) is 103 cm³/mol. The fourth-order valence-electron chi connectivity index (χ4n) is 2.94. The van der Waals surface area contributed by atoms with Crippen LogP contribution in [0.4, 0.5) is 0 Å². The van der Waals surface area contributed by atoms with Crippen LogP contribution in [-0.2, 0) is 4.79 Å². The molecular formula is C21H27N3O3. The van der Waals surface area contributed by atoms with Crippen LogP contribution >= 0.6 is 0 Å². The third-order valence-corrected chi connectivity index (χ3v) is 4.90. The first-order chi connectivity index (χ1) is 12.8. The van der Waals surface area contributed by atoms with Crippen molar-refractivity contribution in [2.45, 2.75) is 46.6 Å². The summed E-state index contributed by atoms with van der Waals surface area (Å²) < 4.78 is 5.39. The zero-order chi connectivity index (χ0) is 19.6. The van der Waals surface area contributed by atoms with Gasteiger partial charge in [-0.2, -0.15) is 0 Å². The Balaban J connectivity index is 1.70. The SMILES string of the molecule is Cc1ccc(C)c(-c2cc(C(=O)NC(C(=O)NCC3CC3)C(C)C)no2)c1. The Morgan fingerprint density at radius 1 is 1.22 bits per heavy atom. The lowest BCUT2D eigenvalue weighted by Gasteiger charge is -2.21. The first-order valence-corrected chi connectivity index (χ1v) is 9.48. The maximum atomic E-state index is 12.6. The van der Waals surface area contributed by atoms with Gasteiger partial charge in [0.1, 0.15) is 6.04 Å². The van der Waals surface area contributed by atoms with Crippen LogP contribution in [0.5, 0.6) is 0 Å². The highest BCUT2D eigenvalue weighted by Crippen LogP contribution is 2.27. The molecule has 6 heteroatoms. The summed E-state index contributed by atoms with van der Waals surface area (Å²) in [6, 6.07) is 7.05. The smallest absolute Gasteiger partial charge is 0.274 e. The molecule has 1 heterocycles. The van der Waals surface area contributed by atoms with Gasteiger partial charge in [0.15, 0.2) is 11.5 Å². The van der Waals surface area contributed by atoms with Gasteiger partial charge in [0.25, 0.3) is 5.91 Å². The molecule has 3 rings (SSSR count). The lowest BCUT2D eigenvalue weighted by atomic mass is 10.0. The van der Waals surface area contributed by atoms with E-state index in [1.54, 1.807) is 6.07 Å². The summed E-state index contributed by atoms with van der Waals surface area (Å²) in [5.41, 5.74) is 3.23. The summed E-state index contributed by atoms with van der Waals surface area (Å²) in [7, 11) is 0. The molecule has 1 aromatic heterocycles. The molecule has 1 fully saturated rings. The van der Waals surface area contributed by atoms with Gasteiger partial charge in [-0.15, -0.1) is 0 Å². The van der Waals surface area contributed by atoms with E-state index in [0.29, 0.717) is 18.2 Å². The van der Waals surface area contributed by atoms with Crippen LogP contribution in [0.2, 0.25) is 0 Å². The third kappa shape index (κ3) is 4.76.